The van der Waals surface area contributed by atoms with Gasteiger partial charge in [0.25, 0.3) is 0 Å². The van der Waals surface area contributed by atoms with Crippen molar-refractivity contribution in [3.63, 3.8) is 0 Å². The standard InChI is InChI=1S/C13H15NO/c1-8-5-9(2)13-11(10(3)15)7-14(4)12(13)6-8/h5-7H,1-4H3. The van der Waals surface area contributed by atoms with Crippen LogP contribution in [0.25, 0.3) is 10.9 Å². The molecule has 0 aliphatic rings. The van der Waals surface area contributed by atoms with Crippen molar-refractivity contribution < 1.29 is 4.79 Å². The molecule has 0 atom stereocenters. The lowest BCUT2D eigenvalue weighted by molar-refractivity contribution is 0.101. The van der Waals surface area contributed by atoms with Gasteiger partial charge in [0, 0.05) is 29.7 Å². The number of Topliss-reactive ketones (excluding diaryl/α,β-unsaturated/α-hetero) is 1. The first-order valence-corrected chi connectivity index (χ1v) is 5.08. The van der Waals surface area contributed by atoms with Gasteiger partial charge in [-0.1, -0.05) is 6.07 Å². The van der Waals surface area contributed by atoms with E-state index in [0.29, 0.717) is 0 Å². The molecule has 2 rings (SSSR count). The molecule has 2 nitrogen and oxygen atoms in total. The maximum Gasteiger partial charge on any atom is 0.161 e. The number of ketones is 1. The van der Waals surface area contributed by atoms with Crippen molar-refractivity contribution >= 4 is 16.7 Å². The number of carbonyl (C=O) groups is 1. The van der Waals surface area contributed by atoms with Crippen LogP contribution in [0.15, 0.2) is 18.3 Å². The molecule has 0 N–H and O–H groups in total. The molecule has 1 aromatic heterocycles. The van der Waals surface area contributed by atoms with Crippen LogP contribution in [0.3, 0.4) is 0 Å². The van der Waals surface area contributed by atoms with E-state index in [1.807, 2.05) is 17.8 Å². The fraction of sp³-hybridized carbons (Fsp3) is 0.308. The third-order valence-corrected chi connectivity index (χ3v) is 2.81. The van der Waals surface area contributed by atoms with Crippen LogP contribution in [0.4, 0.5) is 0 Å². The van der Waals surface area contributed by atoms with E-state index in [1.54, 1.807) is 6.92 Å². The summed E-state index contributed by atoms with van der Waals surface area (Å²) >= 11 is 0. The molecule has 0 aliphatic heterocycles. The van der Waals surface area contributed by atoms with Crippen molar-refractivity contribution in [3.8, 4) is 0 Å². The summed E-state index contributed by atoms with van der Waals surface area (Å²) in [6.45, 7) is 5.75. The lowest BCUT2D eigenvalue weighted by Crippen LogP contribution is -1.90. The summed E-state index contributed by atoms with van der Waals surface area (Å²) < 4.78 is 2.02. The second-order valence-electron chi connectivity index (χ2n) is 4.19. The number of aryl methyl sites for hydroxylation is 3. The number of carbonyl (C=O) groups excluding carboxylic acids is 1. The minimum Gasteiger partial charge on any atom is -0.350 e. The van der Waals surface area contributed by atoms with Crippen LogP contribution in [-0.4, -0.2) is 10.4 Å². The van der Waals surface area contributed by atoms with Gasteiger partial charge in [-0.2, -0.15) is 0 Å². The molecule has 0 radical (unpaired) electrons. The second-order valence-corrected chi connectivity index (χ2v) is 4.19. The van der Waals surface area contributed by atoms with Gasteiger partial charge < -0.3 is 4.57 Å². The summed E-state index contributed by atoms with van der Waals surface area (Å²) in [6, 6.07) is 4.24. The average Bonchev–Trinajstić information content (AvgIpc) is 2.44. The molecule has 0 fully saturated rings. The molecule has 0 amide bonds. The normalized spacial score (nSPS) is 10.9. The number of hydrogen-bond donors (Lipinski definition) is 0. The molecule has 78 valence electrons. The summed E-state index contributed by atoms with van der Waals surface area (Å²) in [5, 5.41) is 1.09. The molecule has 0 saturated carbocycles. The number of aromatic nitrogens is 1. The van der Waals surface area contributed by atoms with E-state index in [1.165, 1.54) is 11.1 Å². The van der Waals surface area contributed by atoms with Crippen LogP contribution in [0, 0.1) is 13.8 Å². The zero-order valence-electron chi connectivity index (χ0n) is 9.59. The summed E-state index contributed by atoms with van der Waals surface area (Å²) in [5.74, 6) is 0.132. The highest BCUT2D eigenvalue weighted by Crippen LogP contribution is 2.25. The highest BCUT2D eigenvalue weighted by Gasteiger charge is 2.12. The van der Waals surface area contributed by atoms with Crippen LogP contribution >= 0.6 is 0 Å². The molecule has 0 spiro atoms. The molecular formula is C13H15NO. The van der Waals surface area contributed by atoms with E-state index in [4.69, 9.17) is 0 Å². The Bertz CT molecular complexity index is 549. The Balaban J connectivity index is 2.93. The average molecular weight is 201 g/mol. The van der Waals surface area contributed by atoms with Gasteiger partial charge in [-0.05, 0) is 38.0 Å². The van der Waals surface area contributed by atoms with Crippen molar-refractivity contribution in [1.29, 1.82) is 0 Å². The van der Waals surface area contributed by atoms with Crippen LogP contribution < -0.4 is 0 Å². The van der Waals surface area contributed by atoms with Crippen molar-refractivity contribution in [2.24, 2.45) is 7.05 Å². The molecule has 2 heteroatoms. The van der Waals surface area contributed by atoms with E-state index < -0.39 is 0 Å². The third kappa shape index (κ3) is 1.46. The third-order valence-electron chi connectivity index (χ3n) is 2.81. The quantitative estimate of drug-likeness (QED) is 0.650. The number of fused-ring (bicyclic) bond motifs is 1. The molecule has 0 saturated heterocycles. The lowest BCUT2D eigenvalue weighted by atomic mass is 10.0. The van der Waals surface area contributed by atoms with Crippen molar-refractivity contribution in [2.45, 2.75) is 20.8 Å². The summed E-state index contributed by atoms with van der Waals surface area (Å²) in [4.78, 5) is 11.5. The monoisotopic (exact) mass is 201 g/mol. The first-order chi connectivity index (χ1) is 7.00. The smallest absolute Gasteiger partial charge is 0.161 e. The zero-order chi connectivity index (χ0) is 11.2. The van der Waals surface area contributed by atoms with Crippen LogP contribution in [0.5, 0.6) is 0 Å². The molecule has 15 heavy (non-hydrogen) atoms. The number of nitrogens with zero attached hydrogens (tertiary/aromatic N) is 1. The Labute approximate surface area is 89.5 Å². The van der Waals surface area contributed by atoms with Gasteiger partial charge in [-0.3, -0.25) is 4.79 Å². The van der Waals surface area contributed by atoms with Gasteiger partial charge in [-0.15, -0.1) is 0 Å². The second kappa shape index (κ2) is 3.23. The lowest BCUT2D eigenvalue weighted by Gasteiger charge is -2.02. The van der Waals surface area contributed by atoms with Gasteiger partial charge >= 0.3 is 0 Å². The molecule has 0 unspecified atom stereocenters. The SMILES string of the molecule is CC(=O)c1cn(C)c2cc(C)cc(C)c12. The summed E-state index contributed by atoms with van der Waals surface area (Å²) in [7, 11) is 1.98. The van der Waals surface area contributed by atoms with Gasteiger partial charge in [0.1, 0.15) is 0 Å². The number of hydrogen-bond acceptors (Lipinski definition) is 1. The molecule has 0 aliphatic carbocycles. The predicted octanol–water partition coefficient (Wildman–Crippen LogP) is 3.00. The molecule has 1 aromatic carbocycles. The van der Waals surface area contributed by atoms with E-state index in [9.17, 15) is 4.79 Å². The van der Waals surface area contributed by atoms with Gasteiger partial charge in [-0.25, -0.2) is 0 Å². The maximum absolute atomic E-state index is 11.5. The summed E-state index contributed by atoms with van der Waals surface area (Å²) in [5.41, 5.74) is 4.37. The van der Waals surface area contributed by atoms with E-state index in [-0.39, 0.29) is 5.78 Å². The Morgan fingerprint density at radius 3 is 2.53 bits per heavy atom. The fourth-order valence-electron chi connectivity index (χ4n) is 2.17. The van der Waals surface area contributed by atoms with Crippen molar-refractivity contribution in [2.75, 3.05) is 0 Å². The van der Waals surface area contributed by atoms with Gasteiger partial charge in [0.15, 0.2) is 5.78 Å². The highest BCUT2D eigenvalue weighted by molar-refractivity contribution is 6.08. The zero-order valence-corrected chi connectivity index (χ0v) is 9.59. The first-order valence-electron chi connectivity index (χ1n) is 5.08. The molecule has 0 bridgehead atoms. The number of rotatable bonds is 1. The Morgan fingerprint density at radius 2 is 1.93 bits per heavy atom. The van der Waals surface area contributed by atoms with E-state index in [2.05, 4.69) is 26.0 Å². The Morgan fingerprint density at radius 1 is 1.27 bits per heavy atom. The predicted molar refractivity (Wildman–Crippen MR) is 62.4 cm³/mol. The van der Waals surface area contributed by atoms with Gasteiger partial charge in [0.2, 0.25) is 0 Å². The van der Waals surface area contributed by atoms with E-state index in [0.717, 1.165) is 16.5 Å². The molecule has 2 aromatic rings. The molecule has 1 heterocycles. The first kappa shape index (κ1) is 9.97. The largest absolute Gasteiger partial charge is 0.350 e. The highest BCUT2D eigenvalue weighted by atomic mass is 16.1. The van der Waals surface area contributed by atoms with Crippen LogP contribution in [0.2, 0.25) is 0 Å². The fourth-order valence-corrected chi connectivity index (χ4v) is 2.17. The van der Waals surface area contributed by atoms with Crippen LogP contribution in [0.1, 0.15) is 28.4 Å². The van der Waals surface area contributed by atoms with Crippen molar-refractivity contribution in [3.05, 3.63) is 35.0 Å². The maximum atomic E-state index is 11.5. The minimum absolute atomic E-state index is 0.132. The Hall–Kier alpha value is -1.57. The van der Waals surface area contributed by atoms with E-state index >= 15 is 0 Å². The summed E-state index contributed by atoms with van der Waals surface area (Å²) in [6.07, 6.45) is 1.92. The number of benzene rings is 1. The minimum atomic E-state index is 0.132. The Kier molecular flexibility index (Phi) is 2.14. The molecular weight excluding hydrogens is 186 g/mol. The van der Waals surface area contributed by atoms with Crippen LogP contribution in [-0.2, 0) is 7.05 Å². The topological polar surface area (TPSA) is 22.0 Å². The van der Waals surface area contributed by atoms with Gasteiger partial charge in [0.05, 0.1) is 0 Å². The van der Waals surface area contributed by atoms with Crippen molar-refractivity contribution in [1.82, 2.24) is 4.57 Å².